The molecule has 0 atom stereocenters. The minimum absolute atomic E-state index is 0.295. The Labute approximate surface area is 167 Å². The summed E-state index contributed by atoms with van der Waals surface area (Å²) in [6.45, 7) is 12.0. The molecule has 1 rings (SSSR count). The molecule has 6 nitrogen and oxygen atoms in total. The van der Waals surface area contributed by atoms with Crippen LogP contribution in [0, 0.1) is 0 Å². The highest BCUT2D eigenvalue weighted by Crippen LogP contribution is 2.20. The van der Waals surface area contributed by atoms with Crippen LogP contribution in [0.3, 0.4) is 0 Å². The molecule has 0 saturated heterocycles. The lowest BCUT2D eigenvalue weighted by Crippen LogP contribution is -2.09. The topological polar surface area (TPSA) is 71.1 Å². The largest absolute Gasteiger partial charge is 0.493 e. The molecular weight excluding hydrogens is 360 g/mol. The van der Waals surface area contributed by atoms with Gasteiger partial charge in [-0.3, -0.25) is 0 Å². The molecule has 0 aliphatic carbocycles. The monoisotopic (exact) mass is 390 g/mol. The van der Waals surface area contributed by atoms with Crippen LogP contribution in [0.1, 0.15) is 39.5 Å². The molecule has 0 heterocycles. The third-order valence-electron chi connectivity index (χ3n) is 3.58. The van der Waals surface area contributed by atoms with Gasteiger partial charge in [0.25, 0.3) is 0 Å². The van der Waals surface area contributed by atoms with Gasteiger partial charge in [0.1, 0.15) is 11.5 Å². The molecule has 0 spiro atoms. The summed E-state index contributed by atoms with van der Waals surface area (Å²) in [4.78, 5) is 22.5. The number of unbranched alkanes of at least 4 members (excludes halogenated alkanes) is 2. The zero-order valence-electron chi connectivity index (χ0n) is 16.8. The van der Waals surface area contributed by atoms with Crippen molar-refractivity contribution in [3.63, 3.8) is 0 Å². The molecule has 28 heavy (non-hydrogen) atoms. The summed E-state index contributed by atoms with van der Waals surface area (Å²) in [7, 11) is 0. The maximum atomic E-state index is 11.3. The molecule has 6 heteroatoms. The van der Waals surface area contributed by atoms with Gasteiger partial charge in [-0.1, -0.05) is 19.2 Å². The lowest BCUT2D eigenvalue weighted by molar-refractivity contribution is -0.140. The fourth-order valence-electron chi connectivity index (χ4n) is 2.05. The van der Waals surface area contributed by atoms with Crippen LogP contribution in [0.5, 0.6) is 11.5 Å². The summed E-state index contributed by atoms with van der Waals surface area (Å²) >= 11 is 0. The van der Waals surface area contributed by atoms with Gasteiger partial charge in [-0.05, 0) is 45.2 Å². The second kappa shape index (κ2) is 13.4. The molecule has 0 unspecified atom stereocenters. The summed E-state index contributed by atoms with van der Waals surface area (Å²) in [5.74, 6) is 0.710. The van der Waals surface area contributed by atoms with Crippen LogP contribution in [-0.4, -0.2) is 38.4 Å². The van der Waals surface area contributed by atoms with Crippen molar-refractivity contribution in [2.75, 3.05) is 26.4 Å². The van der Waals surface area contributed by atoms with Crippen LogP contribution in [0.25, 0.3) is 0 Å². The molecule has 0 aliphatic heterocycles. The van der Waals surface area contributed by atoms with Crippen LogP contribution < -0.4 is 9.47 Å². The van der Waals surface area contributed by atoms with Crippen LogP contribution in [0.2, 0.25) is 0 Å². The molecule has 0 saturated carbocycles. The number of esters is 2. The quantitative estimate of drug-likeness (QED) is 0.269. The van der Waals surface area contributed by atoms with Gasteiger partial charge in [-0.25, -0.2) is 9.59 Å². The van der Waals surface area contributed by atoms with Gasteiger partial charge in [0, 0.05) is 23.6 Å². The molecule has 0 N–H and O–H groups in total. The highest BCUT2D eigenvalue weighted by Gasteiger charge is 2.04. The van der Waals surface area contributed by atoms with E-state index in [9.17, 15) is 9.59 Å². The van der Waals surface area contributed by atoms with E-state index >= 15 is 0 Å². The number of carbonyl (C=O) groups excluding carboxylic acids is 2. The van der Waals surface area contributed by atoms with Crippen molar-refractivity contribution in [3.8, 4) is 11.5 Å². The minimum Gasteiger partial charge on any atom is -0.493 e. The molecule has 0 aliphatic rings. The molecule has 0 aromatic heterocycles. The van der Waals surface area contributed by atoms with E-state index in [0.29, 0.717) is 49.7 Å². The van der Waals surface area contributed by atoms with Gasteiger partial charge < -0.3 is 18.9 Å². The van der Waals surface area contributed by atoms with Crippen molar-refractivity contribution >= 4 is 11.9 Å². The highest BCUT2D eigenvalue weighted by atomic mass is 16.5. The van der Waals surface area contributed by atoms with Crippen molar-refractivity contribution in [3.05, 3.63) is 48.6 Å². The zero-order chi connectivity index (χ0) is 20.8. The molecular formula is C22H30O6. The van der Waals surface area contributed by atoms with E-state index in [4.69, 9.17) is 18.9 Å². The second-order valence-corrected chi connectivity index (χ2v) is 6.42. The number of rotatable bonds is 14. The molecule has 0 fully saturated rings. The first-order valence-electron chi connectivity index (χ1n) is 9.41. The van der Waals surface area contributed by atoms with Crippen LogP contribution >= 0.6 is 0 Å². The molecule has 0 amide bonds. The van der Waals surface area contributed by atoms with E-state index in [1.807, 2.05) is 24.3 Å². The van der Waals surface area contributed by atoms with Gasteiger partial charge in [0.2, 0.25) is 0 Å². The number of ether oxygens (including phenoxy) is 4. The Hall–Kier alpha value is -2.76. The molecule has 154 valence electrons. The Morgan fingerprint density at radius 1 is 0.750 bits per heavy atom. The summed E-state index contributed by atoms with van der Waals surface area (Å²) in [6.07, 6.45) is 3.16. The van der Waals surface area contributed by atoms with E-state index in [0.717, 1.165) is 25.0 Å². The van der Waals surface area contributed by atoms with E-state index in [1.165, 1.54) is 0 Å². The second-order valence-electron chi connectivity index (χ2n) is 6.42. The number of benzene rings is 1. The predicted molar refractivity (Wildman–Crippen MR) is 107 cm³/mol. The Kier molecular flexibility index (Phi) is 11.2. The standard InChI is InChI=1S/C22H30O6/c1-17(2)21(23)27-13-7-5-6-12-25-19-10-8-11-20(16-19)26-14-9-15-28-22(24)18(3)4/h8,10-11,16H,1,3,5-7,9,12-15H2,2,4H3. The molecule has 1 aromatic rings. The third kappa shape index (κ3) is 10.4. The lowest BCUT2D eigenvalue weighted by Gasteiger charge is -2.10. The number of hydrogen-bond donors (Lipinski definition) is 0. The maximum Gasteiger partial charge on any atom is 0.333 e. The minimum atomic E-state index is -0.385. The van der Waals surface area contributed by atoms with Crippen molar-refractivity contribution in [2.24, 2.45) is 0 Å². The molecule has 0 radical (unpaired) electrons. The number of carbonyl (C=O) groups is 2. The smallest absolute Gasteiger partial charge is 0.333 e. The van der Waals surface area contributed by atoms with Crippen LogP contribution in [0.4, 0.5) is 0 Å². The Morgan fingerprint density at radius 3 is 1.75 bits per heavy atom. The van der Waals surface area contributed by atoms with E-state index in [-0.39, 0.29) is 11.9 Å². The van der Waals surface area contributed by atoms with Gasteiger partial charge in [0.05, 0.1) is 26.4 Å². The van der Waals surface area contributed by atoms with Crippen molar-refractivity contribution in [1.29, 1.82) is 0 Å². The Balaban J connectivity index is 2.14. The van der Waals surface area contributed by atoms with E-state index < -0.39 is 0 Å². The average Bonchev–Trinajstić information content (AvgIpc) is 2.66. The van der Waals surface area contributed by atoms with Gasteiger partial charge in [0.15, 0.2) is 0 Å². The predicted octanol–water partition coefficient (Wildman–Crippen LogP) is 4.24. The first kappa shape index (κ1) is 23.3. The average molecular weight is 390 g/mol. The van der Waals surface area contributed by atoms with Crippen molar-refractivity contribution in [2.45, 2.75) is 39.5 Å². The Morgan fingerprint density at radius 2 is 1.21 bits per heavy atom. The van der Waals surface area contributed by atoms with Crippen molar-refractivity contribution < 1.29 is 28.5 Å². The third-order valence-corrected chi connectivity index (χ3v) is 3.58. The SMILES string of the molecule is C=C(C)C(=O)OCCCCCOc1cccc(OCCCOC(=O)C(=C)C)c1. The van der Waals surface area contributed by atoms with E-state index in [2.05, 4.69) is 13.2 Å². The molecule has 0 bridgehead atoms. The van der Waals surface area contributed by atoms with E-state index in [1.54, 1.807) is 13.8 Å². The highest BCUT2D eigenvalue weighted by molar-refractivity contribution is 5.87. The fraction of sp³-hybridized carbons (Fsp3) is 0.455. The zero-order valence-corrected chi connectivity index (χ0v) is 16.8. The first-order valence-corrected chi connectivity index (χ1v) is 9.41. The van der Waals surface area contributed by atoms with Crippen LogP contribution in [0.15, 0.2) is 48.6 Å². The van der Waals surface area contributed by atoms with Crippen LogP contribution in [-0.2, 0) is 19.1 Å². The summed E-state index contributed by atoms with van der Waals surface area (Å²) < 4.78 is 21.4. The lowest BCUT2D eigenvalue weighted by atomic mass is 10.2. The maximum absolute atomic E-state index is 11.3. The van der Waals surface area contributed by atoms with Gasteiger partial charge in [-0.2, -0.15) is 0 Å². The summed E-state index contributed by atoms with van der Waals surface area (Å²) in [5, 5.41) is 0. The summed E-state index contributed by atoms with van der Waals surface area (Å²) in [5.41, 5.74) is 0.803. The number of hydrogen-bond acceptors (Lipinski definition) is 6. The fourth-order valence-corrected chi connectivity index (χ4v) is 2.05. The van der Waals surface area contributed by atoms with Gasteiger partial charge >= 0.3 is 11.9 Å². The first-order chi connectivity index (χ1) is 13.4. The van der Waals surface area contributed by atoms with Gasteiger partial charge in [-0.15, -0.1) is 0 Å². The Bertz CT molecular complexity index is 665. The molecule has 1 aromatic carbocycles. The summed E-state index contributed by atoms with van der Waals surface area (Å²) in [6, 6.07) is 7.41. The van der Waals surface area contributed by atoms with Crippen molar-refractivity contribution in [1.82, 2.24) is 0 Å². The normalized spacial score (nSPS) is 10.1.